The van der Waals surface area contributed by atoms with E-state index in [-0.39, 0.29) is 5.91 Å². The molecule has 0 unspecified atom stereocenters. The lowest BCUT2D eigenvalue weighted by atomic mass is 9.81. The molecule has 0 atom stereocenters. The summed E-state index contributed by atoms with van der Waals surface area (Å²) in [5, 5.41) is 15.7. The molecule has 1 aliphatic carbocycles. The molecule has 8 nitrogen and oxygen atoms in total. The molecule has 1 saturated carbocycles. The smallest absolute Gasteiger partial charge is 0.248 e. The number of amides is 1. The summed E-state index contributed by atoms with van der Waals surface area (Å²) in [5.41, 5.74) is 0.464. The Hall–Kier alpha value is -2.90. The Morgan fingerprint density at radius 1 is 1.26 bits per heavy atom. The lowest BCUT2D eigenvalue weighted by Gasteiger charge is -2.35. The Bertz CT molecular complexity index is 912. The van der Waals surface area contributed by atoms with Crippen molar-refractivity contribution in [3.05, 3.63) is 36.8 Å². The molecule has 1 fully saturated rings. The molecule has 0 bridgehead atoms. The van der Waals surface area contributed by atoms with Gasteiger partial charge in [0, 0.05) is 30.2 Å². The van der Waals surface area contributed by atoms with E-state index in [0.29, 0.717) is 13.1 Å². The fourth-order valence-corrected chi connectivity index (χ4v) is 4.01. The second-order valence-electron chi connectivity index (χ2n) is 7.04. The van der Waals surface area contributed by atoms with E-state index in [2.05, 4.69) is 31.5 Å². The van der Waals surface area contributed by atoms with Gasteiger partial charge in [-0.15, -0.1) is 5.10 Å². The Kier molecular flexibility index (Phi) is 4.79. The first-order chi connectivity index (χ1) is 13.2. The molecule has 142 valence electrons. The van der Waals surface area contributed by atoms with Crippen molar-refractivity contribution in [1.29, 1.82) is 0 Å². The number of benzene rings is 1. The number of nitrogens with zero attached hydrogens (tertiary/aromatic N) is 5. The average Bonchev–Trinajstić information content (AvgIpc) is 3.38. The van der Waals surface area contributed by atoms with Gasteiger partial charge in [-0.3, -0.25) is 4.79 Å². The van der Waals surface area contributed by atoms with E-state index < -0.39 is 5.54 Å². The molecule has 1 aromatic carbocycles. The number of ether oxygens (including phenoxy) is 1. The molecule has 27 heavy (non-hydrogen) atoms. The molecule has 8 heteroatoms. The molecule has 0 spiro atoms. The third-order valence-electron chi connectivity index (χ3n) is 5.51. The van der Waals surface area contributed by atoms with E-state index in [1.54, 1.807) is 18.1 Å². The Morgan fingerprint density at radius 3 is 2.85 bits per heavy atom. The molecule has 1 N–H and O–H groups in total. The van der Waals surface area contributed by atoms with Gasteiger partial charge in [0.15, 0.2) is 0 Å². The van der Waals surface area contributed by atoms with Crippen LogP contribution in [0.5, 0.6) is 5.75 Å². The number of methoxy groups -OCH3 is 1. The van der Waals surface area contributed by atoms with E-state index in [4.69, 9.17) is 4.74 Å². The van der Waals surface area contributed by atoms with Crippen LogP contribution in [-0.2, 0) is 16.9 Å². The van der Waals surface area contributed by atoms with E-state index in [9.17, 15) is 4.79 Å². The Morgan fingerprint density at radius 2 is 2.11 bits per heavy atom. The van der Waals surface area contributed by atoms with Crippen LogP contribution in [0.15, 0.2) is 36.8 Å². The molecule has 1 amide bonds. The molecular weight excluding hydrogens is 344 g/mol. The zero-order chi connectivity index (χ0) is 18.7. The van der Waals surface area contributed by atoms with Crippen molar-refractivity contribution in [3.63, 3.8) is 0 Å². The molecule has 2 aromatic heterocycles. The normalized spacial score (nSPS) is 16.3. The van der Waals surface area contributed by atoms with Crippen LogP contribution in [0.25, 0.3) is 10.9 Å². The van der Waals surface area contributed by atoms with Crippen molar-refractivity contribution in [2.45, 2.75) is 44.2 Å². The first kappa shape index (κ1) is 17.5. The maximum atomic E-state index is 13.0. The van der Waals surface area contributed by atoms with E-state index in [1.165, 1.54) is 0 Å². The first-order valence-corrected chi connectivity index (χ1v) is 9.38. The van der Waals surface area contributed by atoms with Gasteiger partial charge >= 0.3 is 0 Å². The highest BCUT2D eigenvalue weighted by Gasteiger charge is 2.42. The number of hydrogen-bond donors (Lipinski definition) is 1. The van der Waals surface area contributed by atoms with Crippen LogP contribution >= 0.6 is 0 Å². The van der Waals surface area contributed by atoms with Crippen molar-refractivity contribution < 1.29 is 9.53 Å². The molecule has 0 aliphatic heterocycles. The fraction of sp³-hybridized carbons (Fsp3) is 0.474. The van der Waals surface area contributed by atoms with Crippen LogP contribution in [-0.4, -0.2) is 44.3 Å². The predicted molar refractivity (Wildman–Crippen MR) is 100 cm³/mol. The number of hydrogen-bond acceptors (Lipinski definition) is 5. The summed E-state index contributed by atoms with van der Waals surface area (Å²) in [5.74, 6) is 0.849. The monoisotopic (exact) mass is 368 g/mol. The second kappa shape index (κ2) is 7.38. The van der Waals surface area contributed by atoms with Gasteiger partial charge in [-0.05, 0) is 47.5 Å². The summed E-state index contributed by atoms with van der Waals surface area (Å²) < 4.78 is 9.05. The molecule has 0 saturated heterocycles. The first-order valence-electron chi connectivity index (χ1n) is 9.38. The third kappa shape index (κ3) is 3.27. The van der Waals surface area contributed by atoms with Gasteiger partial charge < -0.3 is 14.6 Å². The molecule has 2 heterocycles. The van der Waals surface area contributed by atoms with Gasteiger partial charge in [-0.25, -0.2) is 4.68 Å². The molecular formula is C19H24N6O2. The zero-order valence-electron chi connectivity index (χ0n) is 15.5. The van der Waals surface area contributed by atoms with Crippen LogP contribution in [0.4, 0.5) is 0 Å². The summed E-state index contributed by atoms with van der Waals surface area (Å²) >= 11 is 0. The number of carbonyl (C=O) groups is 1. The lowest BCUT2D eigenvalue weighted by Crippen LogP contribution is -2.51. The van der Waals surface area contributed by atoms with E-state index in [0.717, 1.165) is 48.8 Å². The van der Waals surface area contributed by atoms with Crippen LogP contribution in [0.2, 0.25) is 0 Å². The number of fused-ring (bicyclic) bond motifs is 1. The number of carbonyl (C=O) groups excluding carboxylic acids is 1. The highest BCUT2D eigenvalue weighted by molar-refractivity contribution is 5.84. The molecule has 1 aliphatic rings. The van der Waals surface area contributed by atoms with Crippen LogP contribution < -0.4 is 10.1 Å². The summed E-state index contributed by atoms with van der Waals surface area (Å²) in [6, 6.07) is 8.06. The largest absolute Gasteiger partial charge is 0.497 e. The maximum Gasteiger partial charge on any atom is 0.248 e. The van der Waals surface area contributed by atoms with Crippen LogP contribution in [0.1, 0.15) is 32.1 Å². The van der Waals surface area contributed by atoms with Gasteiger partial charge in [0.25, 0.3) is 0 Å². The molecule has 3 aromatic rings. The Balaban J connectivity index is 1.44. The fourth-order valence-electron chi connectivity index (χ4n) is 4.01. The van der Waals surface area contributed by atoms with Crippen molar-refractivity contribution in [3.8, 4) is 5.75 Å². The number of nitrogens with one attached hydrogen (secondary N) is 1. The van der Waals surface area contributed by atoms with Crippen LogP contribution in [0.3, 0.4) is 0 Å². The average molecular weight is 368 g/mol. The number of tetrazole rings is 1. The summed E-state index contributed by atoms with van der Waals surface area (Å²) in [6.07, 6.45) is 8.31. The number of aromatic nitrogens is 5. The lowest BCUT2D eigenvalue weighted by molar-refractivity contribution is -0.132. The SMILES string of the molecule is COc1ccc2c(ccn2CCNC(=O)C2(n3cnnn3)CCCCC2)c1. The summed E-state index contributed by atoms with van der Waals surface area (Å²) in [4.78, 5) is 13.0. The van der Waals surface area contributed by atoms with Crippen LogP contribution in [0, 0.1) is 0 Å². The topological polar surface area (TPSA) is 86.9 Å². The second-order valence-corrected chi connectivity index (χ2v) is 7.04. The third-order valence-corrected chi connectivity index (χ3v) is 5.51. The van der Waals surface area contributed by atoms with Gasteiger partial charge in [0.05, 0.1) is 7.11 Å². The van der Waals surface area contributed by atoms with Gasteiger partial charge in [-0.1, -0.05) is 19.3 Å². The number of rotatable bonds is 6. The standard InChI is InChI=1S/C19H24N6O2/c1-27-16-5-6-17-15(13-16)7-11-24(17)12-10-20-18(26)19(8-3-2-4-9-19)25-14-21-22-23-25/h5-7,11,13-14H,2-4,8-10,12H2,1H3,(H,20,26). The minimum Gasteiger partial charge on any atom is -0.497 e. The van der Waals surface area contributed by atoms with Gasteiger partial charge in [0.2, 0.25) is 5.91 Å². The summed E-state index contributed by atoms with van der Waals surface area (Å²) in [7, 11) is 1.67. The van der Waals surface area contributed by atoms with Gasteiger partial charge in [-0.2, -0.15) is 0 Å². The zero-order valence-corrected chi connectivity index (χ0v) is 15.5. The van der Waals surface area contributed by atoms with E-state index >= 15 is 0 Å². The summed E-state index contributed by atoms with van der Waals surface area (Å²) in [6.45, 7) is 1.26. The maximum absolute atomic E-state index is 13.0. The minimum atomic E-state index is -0.659. The van der Waals surface area contributed by atoms with Crippen molar-refractivity contribution >= 4 is 16.8 Å². The van der Waals surface area contributed by atoms with Gasteiger partial charge in [0.1, 0.15) is 17.6 Å². The highest BCUT2D eigenvalue weighted by Crippen LogP contribution is 2.34. The quantitative estimate of drug-likeness (QED) is 0.720. The van der Waals surface area contributed by atoms with Crippen molar-refractivity contribution in [1.82, 2.24) is 30.1 Å². The van der Waals surface area contributed by atoms with E-state index in [1.807, 2.05) is 24.4 Å². The van der Waals surface area contributed by atoms with Crippen molar-refractivity contribution in [2.24, 2.45) is 0 Å². The molecule has 0 radical (unpaired) electrons. The predicted octanol–water partition coefficient (Wildman–Crippen LogP) is 2.11. The molecule has 4 rings (SSSR count). The van der Waals surface area contributed by atoms with Crippen molar-refractivity contribution in [2.75, 3.05) is 13.7 Å². The minimum absolute atomic E-state index is 0.00707. The highest BCUT2D eigenvalue weighted by atomic mass is 16.5. The Labute approximate surface area is 157 Å².